The quantitative estimate of drug-likeness (QED) is 0.411. The Labute approximate surface area is 76.2 Å². The van der Waals surface area contributed by atoms with Crippen molar-refractivity contribution in [2.24, 2.45) is 0 Å². The molecule has 0 saturated heterocycles. The van der Waals surface area contributed by atoms with Crippen molar-refractivity contribution in [1.29, 1.82) is 0 Å². The van der Waals surface area contributed by atoms with Gasteiger partial charge in [0.2, 0.25) is 0 Å². The lowest BCUT2D eigenvalue weighted by molar-refractivity contribution is 0.311. The van der Waals surface area contributed by atoms with Gasteiger partial charge in [0, 0.05) is 12.7 Å². The van der Waals surface area contributed by atoms with Crippen LogP contribution in [0.4, 0.5) is 5.69 Å². The second kappa shape index (κ2) is 4.81. The van der Waals surface area contributed by atoms with Gasteiger partial charge in [-0.05, 0) is 12.1 Å². The molecule has 0 atom stereocenters. The van der Waals surface area contributed by atoms with E-state index in [0.717, 1.165) is 0 Å². The zero-order valence-electron chi connectivity index (χ0n) is 7.01. The first-order valence-electron chi connectivity index (χ1n) is 3.91. The molecule has 1 aromatic rings. The SMILES string of the molecule is OCCNc1cccnc1B(O)O. The molecule has 0 unspecified atom stereocenters. The number of aromatic nitrogens is 1. The predicted molar refractivity (Wildman–Crippen MR) is 49.6 cm³/mol. The van der Waals surface area contributed by atoms with E-state index in [2.05, 4.69) is 10.3 Å². The second-order valence-corrected chi connectivity index (χ2v) is 2.46. The number of hydrogen-bond donors (Lipinski definition) is 4. The molecule has 70 valence electrons. The molecule has 1 heterocycles. The fourth-order valence-electron chi connectivity index (χ4n) is 0.963. The summed E-state index contributed by atoms with van der Waals surface area (Å²) in [6.45, 7) is 0.335. The van der Waals surface area contributed by atoms with E-state index in [-0.39, 0.29) is 12.2 Å². The van der Waals surface area contributed by atoms with E-state index in [4.69, 9.17) is 15.2 Å². The largest absolute Gasteiger partial charge is 0.510 e. The molecule has 6 heteroatoms. The Morgan fingerprint density at radius 2 is 2.23 bits per heavy atom. The van der Waals surface area contributed by atoms with Crippen molar-refractivity contribution in [3.63, 3.8) is 0 Å². The molecule has 0 spiro atoms. The summed E-state index contributed by atoms with van der Waals surface area (Å²) in [5.41, 5.74) is 0.683. The highest BCUT2D eigenvalue weighted by Crippen LogP contribution is 2.00. The molecule has 0 aromatic carbocycles. The van der Waals surface area contributed by atoms with E-state index >= 15 is 0 Å². The number of nitrogens with zero attached hydrogens (tertiary/aromatic N) is 1. The van der Waals surface area contributed by atoms with Gasteiger partial charge in [0.25, 0.3) is 0 Å². The summed E-state index contributed by atoms with van der Waals surface area (Å²) >= 11 is 0. The maximum Gasteiger partial charge on any atom is 0.510 e. The average molecular weight is 182 g/mol. The number of hydrogen-bond acceptors (Lipinski definition) is 5. The summed E-state index contributed by atoms with van der Waals surface area (Å²) in [6.07, 6.45) is 1.47. The van der Waals surface area contributed by atoms with Gasteiger partial charge in [-0.3, -0.25) is 4.98 Å². The van der Waals surface area contributed by atoms with E-state index in [9.17, 15) is 0 Å². The van der Waals surface area contributed by atoms with Crippen molar-refractivity contribution in [3.05, 3.63) is 18.3 Å². The van der Waals surface area contributed by atoms with Crippen LogP contribution in [-0.4, -0.2) is 40.4 Å². The number of aliphatic hydroxyl groups excluding tert-OH is 1. The zero-order chi connectivity index (χ0) is 9.68. The van der Waals surface area contributed by atoms with Crippen molar-refractivity contribution in [1.82, 2.24) is 4.98 Å². The summed E-state index contributed by atoms with van der Waals surface area (Å²) in [6, 6.07) is 3.34. The number of rotatable bonds is 4. The molecule has 1 aromatic heterocycles. The lowest BCUT2D eigenvalue weighted by Crippen LogP contribution is -2.35. The minimum Gasteiger partial charge on any atom is -0.422 e. The molecule has 1 rings (SSSR count). The van der Waals surface area contributed by atoms with Crippen molar-refractivity contribution in [2.75, 3.05) is 18.5 Å². The van der Waals surface area contributed by atoms with Gasteiger partial charge in [-0.15, -0.1) is 0 Å². The molecule has 0 aliphatic carbocycles. The van der Waals surface area contributed by atoms with Crippen molar-refractivity contribution < 1.29 is 15.2 Å². The molecule has 0 amide bonds. The first-order valence-corrected chi connectivity index (χ1v) is 3.91. The Bertz CT molecular complexity index is 270. The van der Waals surface area contributed by atoms with Crippen molar-refractivity contribution in [2.45, 2.75) is 0 Å². The van der Waals surface area contributed by atoms with E-state index < -0.39 is 7.12 Å². The second-order valence-electron chi connectivity index (χ2n) is 2.46. The fraction of sp³-hybridized carbons (Fsp3) is 0.286. The first kappa shape index (κ1) is 9.98. The molecule has 0 radical (unpaired) electrons. The Hall–Kier alpha value is -1.11. The van der Waals surface area contributed by atoms with Crippen LogP contribution in [0.2, 0.25) is 0 Å². The molecule has 0 aliphatic rings. The smallest absolute Gasteiger partial charge is 0.422 e. The normalized spacial score (nSPS) is 9.77. The molecular weight excluding hydrogens is 171 g/mol. The topological polar surface area (TPSA) is 85.6 Å². The van der Waals surface area contributed by atoms with E-state index in [1.54, 1.807) is 12.1 Å². The van der Waals surface area contributed by atoms with Crippen LogP contribution in [0.1, 0.15) is 0 Å². The lowest BCUT2D eigenvalue weighted by Gasteiger charge is -2.08. The highest BCUT2D eigenvalue weighted by molar-refractivity contribution is 6.59. The van der Waals surface area contributed by atoms with Gasteiger partial charge in [0.1, 0.15) is 0 Å². The number of anilines is 1. The van der Waals surface area contributed by atoms with E-state index in [1.807, 2.05) is 0 Å². The van der Waals surface area contributed by atoms with Gasteiger partial charge < -0.3 is 20.5 Å². The summed E-state index contributed by atoms with van der Waals surface area (Å²) in [5.74, 6) is 0. The number of nitrogens with one attached hydrogen (secondary N) is 1. The van der Waals surface area contributed by atoms with Gasteiger partial charge in [-0.2, -0.15) is 0 Å². The molecule has 0 saturated carbocycles. The van der Waals surface area contributed by atoms with Crippen LogP contribution in [0, 0.1) is 0 Å². The van der Waals surface area contributed by atoms with Crippen molar-refractivity contribution in [3.8, 4) is 0 Å². The summed E-state index contributed by atoms with van der Waals surface area (Å²) in [4.78, 5) is 3.79. The summed E-state index contributed by atoms with van der Waals surface area (Å²) < 4.78 is 0. The number of pyridine rings is 1. The molecule has 13 heavy (non-hydrogen) atoms. The molecule has 0 bridgehead atoms. The van der Waals surface area contributed by atoms with Gasteiger partial charge in [-0.25, -0.2) is 0 Å². The standard InChI is InChI=1S/C7H11BN2O3/c11-5-4-9-6-2-1-3-10-7(6)8(12)13/h1-3,9,11-13H,4-5H2. The van der Waals surface area contributed by atoms with Crippen LogP contribution >= 0.6 is 0 Å². The van der Waals surface area contributed by atoms with Crippen LogP contribution in [0.15, 0.2) is 18.3 Å². The van der Waals surface area contributed by atoms with Crippen molar-refractivity contribution >= 4 is 18.4 Å². The molecule has 0 aliphatic heterocycles. The van der Waals surface area contributed by atoms with Gasteiger partial charge in [-0.1, -0.05) is 0 Å². The minimum atomic E-state index is -1.60. The van der Waals surface area contributed by atoms with E-state index in [1.165, 1.54) is 6.20 Å². The number of aliphatic hydroxyl groups is 1. The lowest BCUT2D eigenvalue weighted by atomic mass is 9.84. The Morgan fingerprint density at radius 1 is 1.46 bits per heavy atom. The molecule has 0 fully saturated rings. The first-order chi connectivity index (χ1) is 6.25. The Morgan fingerprint density at radius 3 is 2.85 bits per heavy atom. The monoisotopic (exact) mass is 182 g/mol. The molecular formula is C7H11BN2O3. The summed E-state index contributed by atoms with van der Waals surface area (Å²) in [7, 11) is -1.60. The minimum absolute atomic E-state index is 0.0180. The van der Waals surface area contributed by atoms with Crippen LogP contribution < -0.4 is 10.9 Å². The zero-order valence-corrected chi connectivity index (χ0v) is 7.01. The Kier molecular flexibility index (Phi) is 3.69. The average Bonchev–Trinajstić information content (AvgIpc) is 2.15. The maximum absolute atomic E-state index is 8.89. The maximum atomic E-state index is 8.89. The van der Waals surface area contributed by atoms with Crippen LogP contribution in [-0.2, 0) is 0 Å². The fourth-order valence-corrected chi connectivity index (χ4v) is 0.963. The van der Waals surface area contributed by atoms with Gasteiger partial charge in [0.05, 0.1) is 17.9 Å². The predicted octanol–water partition coefficient (Wildman–Crippen LogP) is -1.83. The summed E-state index contributed by atoms with van der Waals surface area (Å²) in [5, 5.41) is 29.1. The third-order valence-corrected chi connectivity index (χ3v) is 1.51. The van der Waals surface area contributed by atoms with Crippen LogP contribution in [0.3, 0.4) is 0 Å². The highest BCUT2D eigenvalue weighted by atomic mass is 16.4. The van der Waals surface area contributed by atoms with Gasteiger partial charge >= 0.3 is 7.12 Å². The molecule has 5 nitrogen and oxygen atoms in total. The van der Waals surface area contributed by atoms with Crippen LogP contribution in [0.5, 0.6) is 0 Å². The molecule has 4 N–H and O–H groups in total. The highest BCUT2D eigenvalue weighted by Gasteiger charge is 2.16. The van der Waals surface area contributed by atoms with E-state index in [0.29, 0.717) is 12.2 Å². The van der Waals surface area contributed by atoms with Gasteiger partial charge in [0.15, 0.2) is 0 Å². The third-order valence-electron chi connectivity index (χ3n) is 1.51. The Balaban J connectivity index is 2.78. The third kappa shape index (κ3) is 2.69. The van der Waals surface area contributed by atoms with Crippen LogP contribution in [0.25, 0.3) is 0 Å².